The molecule has 0 amide bonds. The smallest absolute Gasteiger partial charge is 0.223 e. The summed E-state index contributed by atoms with van der Waals surface area (Å²) in [5.74, 6) is 1.45. The van der Waals surface area contributed by atoms with Crippen LogP contribution in [0.5, 0.6) is 0 Å². The molecule has 0 radical (unpaired) electrons. The Kier molecular flexibility index (Phi) is 5.97. The van der Waals surface area contributed by atoms with Gasteiger partial charge >= 0.3 is 0 Å². The predicted octanol–water partition coefficient (Wildman–Crippen LogP) is 4.65. The summed E-state index contributed by atoms with van der Waals surface area (Å²) >= 11 is 0. The Morgan fingerprint density at radius 1 is 1.14 bits per heavy atom. The number of methoxy groups -OCH3 is 1. The Bertz CT molecular complexity index is 1370. The van der Waals surface area contributed by atoms with Crippen molar-refractivity contribution in [3.05, 3.63) is 41.5 Å². The van der Waals surface area contributed by atoms with Crippen molar-refractivity contribution in [1.82, 2.24) is 30.0 Å². The molecule has 2 fully saturated rings. The van der Waals surface area contributed by atoms with Gasteiger partial charge in [0, 0.05) is 55.6 Å². The van der Waals surface area contributed by atoms with Gasteiger partial charge in [-0.15, -0.1) is 0 Å². The van der Waals surface area contributed by atoms with E-state index in [9.17, 15) is 0 Å². The Balaban J connectivity index is 1.27. The Labute approximate surface area is 210 Å². The van der Waals surface area contributed by atoms with Crippen LogP contribution in [0, 0.1) is 20.8 Å². The molecule has 2 aliphatic rings. The number of rotatable bonds is 6. The summed E-state index contributed by atoms with van der Waals surface area (Å²) in [5, 5.41) is 8.77. The monoisotopic (exact) mass is 487 g/mol. The highest BCUT2D eigenvalue weighted by Gasteiger charge is 2.36. The summed E-state index contributed by atoms with van der Waals surface area (Å²) in [6.45, 7) is 8.01. The quantitative estimate of drug-likeness (QED) is 0.405. The van der Waals surface area contributed by atoms with E-state index < -0.39 is 0 Å². The minimum Gasteiger partial charge on any atom is -0.380 e. The Hall–Kier alpha value is -3.30. The number of aromatic amines is 1. The molecule has 0 bridgehead atoms. The van der Waals surface area contributed by atoms with Crippen molar-refractivity contribution in [2.24, 2.45) is 0 Å². The number of pyridine rings is 1. The van der Waals surface area contributed by atoms with Gasteiger partial charge in [-0.25, -0.2) is 15.0 Å². The second kappa shape index (κ2) is 9.29. The van der Waals surface area contributed by atoms with Crippen molar-refractivity contribution in [2.75, 3.05) is 25.5 Å². The van der Waals surface area contributed by atoms with E-state index in [1.807, 2.05) is 39.4 Å². The third-order valence-corrected chi connectivity index (χ3v) is 7.83. The lowest BCUT2D eigenvalue weighted by Gasteiger charge is -2.30. The van der Waals surface area contributed by atoms with Crippen LogP contribution in [0.15, 0.2) is 29.0 Å². The highest BCUT2D eigenvalue weighted by molar-refractivity contribution is 5.94. The SMILES string of the molecule is COC1CCN([C@H]2CCC[C@@H]2Nc2ncc(C)c(-c3c[nH]c4nc(-c5c(C)noc5C)ccc34)n2)C1. The van der Waals surface area contributed by atoms with Gasteiger partial charge in [0.1, 0.15) is 11.4 Å². The molecule has 6 rings (SSSR count). The number of fused-ring (bicyclic) bond motifs is 1. The maximum atomic E-state index is 5.60. The van der Waals surface area contributed by atoms with Gasteiger partial charge in [-0.1, -0.05) is 5.16 Å². The Morgan fingerprint density at radius 3 is 2.81 bits per heavy atom. The van der Waals surface area contributed by atoms with E-state index in [0.29, 0.717) is 24.1 Å². The first-order chi connectivity index (χ1) is 17.5. The van der Waals surface area contributed by atoms with Crippen molar-refractivity contribution in [1.29, 1.82) is 0 Å². The molecule has 4 aromatic rings. The van der Waals surface area contributed by atoms with Crippen LogP contribution in [0.1, 0.15) is 42.7 Å². The summed E-state index contributed by atoms with van der Waals surface area (Å²) in [4.78, 5) is 20.4. The first-order valence-corrected chi connectivity index (χ1v) is 12.8. The van der Waals surface area contributed by atoms with Gasteiger partial charge in [-0.2, -0.15) is 0 Å². The van der Waals surface area contributed by atoms with E-state index in [4.69, 9.17) is 19.2 Å². The predicted molar refractivity (Wildman–Crippen MR) is 139 cm³/mol. The molecule has 9 heteroatoms. The summed E-state index contributed by atoms with van der Waals surface area (Å²) in [5.41, 5.74) is 6.41. The maximum absolute atomic E-state index is 5.60. The van der Waals surface area contributed by atoms with Crippen LogP contribution in [0.2, 0.25) is 0 Å². The number of hydrogen-bond acceptors (Lipinski definition) is 8. The minimum absolute atomic E-state index is 0.346. The number of aromatic nitrogens is 5. The van der Waals surface area contributed by atoms with E-state index in [1.165, 1.54) is 12.8 Å². The highest BCUT2D eigenvalue weighted by Crippen LogP contribution is 2.34. The lowest BCUT2D eigenvalue weighted by Crippen LogP contribution is -2.43. The third kappa shape index (κ3) is 4.06. The fourth-order valence-electron chi connectivity index (χ4n) is 5.93. The summed E-state index contributed by atoms with van der Waals surface area (Å²) < 4.78 is 10.9. The summed E-state index contributed by atoms with van der Waals surface area (Å²) in [6.07, 6.45) is 8.91. The molecule has 1 aliphatic heterocycles. The fourth-order valence-corrected chi connectivity index (χ4v) is 5.93. The standard InChI is InChI=1S/C27H33N7O2/c1-15-12-29-27(31-21-6-5-7-23(21)34-11-10-18(14-34)35-4)32-25(15)20-13-28-26-19(20)8-9-22(30-26)24-16(2)33-36-17(24)3/h8-9,12-13,18,21,23H,5-7,10-11,14H2,1-4H3,(H,28,30)(H,29,31,32)/t18?,21-,23-/m0/s1. The van der Waals surface area contributed by atoms with Crippen LogP contribution in [0.25, 0.3) is 33.5 Å². The van der Waals surface area contributed by atoms with Gasteiger partial charge in [0.25, 0.3) is 0 Å². The first-order valence-electron chi connectivity index (χ1n) is 12.8. The van der Waals surface area contributed by atoms with Crippen molar-refractivity contribution < 1.29 is 9.26 Å². The number of likely N-dealkylation sites (tertiary alicyclic amines) is 1. The van der Waals surface area contributed by atoms with Crippen molar-refractivity contribution in [2.45, 2.75) is 64.6 Å². The molecule has 0 spiro atoms. The number of H-pyrrole nitrogens is 1. The average Bonchev–Trinajstić information content (AvgIpc) is 3.67. The zero-order valence-corrected chi connectivity index (χ0v) is 21.3. The van der Waals surface area contributed by atoms with Gasteiger partial charge in [0.15, 0.2) is 0 Å². The second-order valence-electron chi connectivity index (χ2n) is 10.1. The molecule has 1 aliphatic carbocycles. The van der Waals surface area contributed by atoms with E-state index in [2.05, 4.69) is 38.3 Å². The molecule has 36 heavy (non-hydrogen) atoms. The molecule has 1 saturated heterocycles. The highest BCUT2D eigenvalue weighted by atomic mass is 16.5. The molecule has 9 nitrogen and oxygen atoms in total. The largest absolute Gasteiger partial charge is 0.380 e. The van der Waals surface area contributed by atoms with Crippen LogP contribution in [0.4, 0.5) is 5.95 Å². The fraction of sp³-hybridized carbons (Fsp3) is 0.481. The number of aryl methyl sites for hydroxylation is 3. The molecular formula is C27H33N7O2. The first kappa shape index (κ1) is 23.1. The van der Waals surface area contributed by atoms with Gasteiger partial charge < -0.3 is 19.6 Å². The zero-order valence-electron chi connectivity index (χ0n) is 21.3. The van der Waals surface area contributed by atoms with Crippen molar-refractivity contribution in [3.8, 4) is 22.5 Å². The normalized spacial score (nSPS) is 22.6. The number of nitrogens with one attached hydrogen (secondary N) is 2. The third-order valence-electron chi connectivity index (χ3n) is 7.83. The number of ether oxygens (including phenoxy) is 1. The number of anilines is 1. The molecule has 5 heterocycles. The second-order valence-corrected chi connectivity index (χ2v) is 10.1. The van der Waals surface area contributed by atoms with Crippen LogP contribution in [-0.4, -0.2) is 68.4 Å². The molecule has 0 aromatic carbocycles. The minimum atomic E-state index is 0.346. The van der Waals surface area contributed by atoms with Gasteiger partial charge in [0.05, 0.1) is 28.7 Å². The molecule has 3 atom stereocenters. The Morgan fingerprint density at radius 2 is 2.03 bits per heavy atom. The summed E-state index contributed by atoms with van der Waals surface area (Å²) in [6, 6.07) is 4.96. The molecule has 188 valence electrons. The van der Waals surface area contributed by atoms with Crippen LogP contribution in [0.3, 0.4) is 0 Å². The van der Waals surface area contributed by atoms with Gasteiger partial charge in [-0.05, 0) is 64.2 Å². The van der Waals surface area contributed by atoms with E-state index in [0.717, 1.165) is 76.5 Å². The molecule has 2 N–H and O–H groups in total. The molecule has 1 saturated carbocycles. The van der Waals surface area contributed by atoms with E-state index >= 15 is 0 Å². The number of hydrogen-bond donors (Lipinski definition) is 2. The zero-order chi connectivity index (χ0) is 24.8. The van der Waals surface area contributed by atoms with Gasteiger partial charge in [-0.3, -0.25) is 4.90 Å². The van der Waals surface area contributed by atoms with E-state index in [-0.39, 0.29) is 0 Å². The molecule has 1 unspecified atom stereocenters. The number of nitrogens with zero attached hydrogens (tertiary/aromatic N) is 5. The lowest BCUT2D eigenvalue weighted by atomic mass is 10.1. The van der Waals surface area contributed by atoms with E-state index in [1.54, 1.807) is 0 Å². The molecular weight excluding hydrogens is 454 g/mol. The molecule has 4 aromatic heterocycles. The van der Waals surface area contributed by atoms with Crippen molar-refractivity contribution in [3.63, 3.8) is 0 Å². The van der Waals surface area contributed by atoms with Crippen LogP contribution >= 0.6 is 0 Å². The maximum Gasteiger partial charge on any atom is 0.223 e. The van der Waals surface area contributed by atoms with Gasteiger partial charge in [0.2, 0.25) is 5.95 Å². The van der Waals surface area contributed by atoms with Crippen LogP contribution in [-0.2, 0) is 4.74 Å². The summed E-state index contributed by atoms with van der Waals surface area (Å²) in [7, 11) is 1.82. The lowest BCUT2D eigenvalue weighted by molar-refractivity contribution is 0.100. The van der Waals surface area contributed by atoms with Crippen molar-refractivity contribution >= 4 is 17.0 Å². The topological polar surface area (TPSA) is 105 Å². The van der Waals surface area contributed by atoms with Crippen LogP contribution < -0.4 is 5.32 Å². The average molecular weight is 488 g/mol.